The highest BCUT2D eigenvalue weighted by Crippen LogP contribution is 2.38. The minimum absolute atomic E-state index is 0.0245. The number of aromatic nitrogens is 7. The van der Waals surface area contributed by atoms with E-state index in [2.05, 4.69) is 38.4 Å². The first kappa shape index (κ1) is 29.6. The number of nitrogens with one attached hydrogen (secondary N) is 1. The molecule has 4 aromatic heterocycles. The molecule has 46 heavy (non-hydrogen) atoms. The number of hydrogen-bond acceptors (Lipinski definition) is 6. The Morgan fingerprint density at radius 2 is 1.89 bits per heavy atom. The molecule has 0 radical (unpaired) electrons. The average molecular weight is 622 g/mol. The van der Waals surface area contributed by atoms with Crippen LogP contribution in [0.25, 0.3) is 27.6 Å². The van der Waals surface area contributed by atoms with Crippen molar-refractivity contribution in [2.75, 3.05) is 13.1 Å². The molecule has 0 saturated heterocycles. The van der Waals surface area contributed by atoms with E-state index >= 15 is 4.39 Å². The molecule has 0 saturated carbocycles. The van der Waals surface area contributed by atoms with Crippen LogP contribution in [0.3, 0.4) is 0 Å². The normalized spacial score (nSPS) is 14.7. The molecule has 2 aliphatic rings. The number of halogens is 1. The summed E-state index contributed by atoms with van der Waals surface area (Å²) in [6.45, 7) is 9.02. The van der Waals surface area contributed by atoms with E-state index in [9.17, 15) is 9.59 Å². The van der Waals surface area contributed by atoms with Gasteiger partial charge in [0, 0.05) is 72.8 Å². The molecule has 7 rings (SSSR count). The number of pyridine rings is 1. The third kappa shape index (κ3) is 5.27. The number of aromatic amines is 1. The van der Waals surface area contributed by atoms with Crippen LogP contribution in [-0.2, 0) is 37.4 Å². The Balaban J connectivity index is 1.25. The summed E-state index contributed by atoms with van der Waals surface area (Å²) in [7, 11) is 0. The number of fused-ring (bicyclic) bond motifs is 2. The van der Waals surface area contributed by atoms with E-state index in [-0.39, 0.29) is 30.3 Å². The molecule has 0 fully saturated rings. The number of carbonyl (C=O) groups is 2. The predicted molar refractivity (Wildman–Crippen MR) is 171 cm³/mol. The first-order valence-electron chi connectivity index (χ1n) is 15.8. The summed E-state index contributed by atoms with van der Waals surface area (Å²) in [4.78, 5) is 38.3. The molecule has 0 spiro atoms. The van der Waals surface area contributed by atoms with Gasteiger partial charge in [-0.1, -0.05) is 18.2 Å². The molecule has 2 amide bonds. The maximum absolute atomic E-state index is 16.6. The Bertz CT molecular complexity index is 1990. The van der Waals surface area contributed by atoms with E-state index < -0.39 is 5.82 Å². The van der Waals surface area contributed by atoms with Crippen LogP contribution in [0, 0.1) is 12.7 Å². The number of carbonyl (C=O) groups excluding carboxylic acids is 2. The molecule has 5 aromatic rings. The van der Waals surface area contributed by atoms with E-state index in [1.807, 2.05) is 43.1 Å². The summed E-state index contributed by atoms with van der Waals surface area (Å²) < 4.78 is 20.1. The molecular formula is C34H36FN9O2. The van der Waals surface area contributed by atoms with Crippen molar-refractivity contribution < 1.29 is 14.0 Å². The van der Waals surface area contributed by atoms with Crippen molar-refractivity contribution in [3.05, 3.63) is 88.7 Å². The van der Waals surface area contributed by atoms with Crippen molar-refractivity contribution in [2.45, 2.75) is 66.2 Å². The quantitative estimate of drug-likeness (QED) is 0.263. The lowest BCUT2D eigenvalue weighted by Gasteiger charge is -2.28. The predicted octanol–water partition coefficient (Wildman–Crippen LogP) is 4.91. The maximum Gasteiger partial charge on any atom is 0.270 e. The van der Waals surface area contributed by atoms with Crippen LogP contribution in [0.5, 0.6) is 0 Å². The van der Waals surface area contributed by atoms with Gasteiger partial charge in [-0.15, -0.1) is 5.10 Å². The molecule has 6 heterocycles. The molecule has 12 heteroatoms. The summed E-state index contributed by atoms with van der Waals surface area (Å²) in [6.07, 6.45) is 10.7. The number of aryl methyl sites for hydroxylation is 4. The average Bonchev–Trinajstić information content (AvgIpc) is 3.89. The minimum atomic E-state index is -0.442. The van der Waals surface area contributed by atoms with Gasteiger partial charge in [-0.25, -0.2) is 4.39 Å². The third-order valence-corrected chi connectivity index (χ3v) is 9.10. The first-order chi connectivity index (χ1) is 22.3. The van der Waals surface area contributed by atoms with Gasteiger partial charge in [0.25, 0.3) is 5.91 Å². The van der Waals surface area contributed by atoms with Crippen LogP contribution < -0.4 is 0 Å². The molecule has 236 valence electrons. The SMILES string of the molecule is CCc1cc(C)c(-c2cc(C3=CCCN(C(=O)CCn4ccnn4)C3)c(F)c3[nH]c(C(=O)N4Cc5cnn(CC)c5C4)cc23)cn1. The Morgan fingerprint density at radius 1 is 1.02 bits per heavy atom. The zero-order chi connectivity index (χ0) is 31.9. The molecule has 0 atom stereocenters. The monoisotopic (exact) mass is 621 g/mol. The minimum Gasteiger partial charge on any atom is -0.348 e. The molecule has 1 N–H and O–H groups in total. The summed E-state index contributed by atoms with van der Waals surface area (Å²) in [5, 5.41) is 12.8. The van der Waals surface area contributed by atoms with Crippen molar-refractivity contribution in [3.63, 3.8) is 0 Å². The second-order valence-electron chi connectivity index (χ2n) is 11.9. The third-order valence-electron chi connectivity index (χ3n) is 9.10. The van der Waals surface area contributed by atoms with Crippen molar-refractivity contribution in [3.8, 4) is 11.1 Å². The van der Waals surface area contributed by atoms with Crippen molar-refractivity contribution in [1.82, 2.24) is 44.5 Å². The van der Waals surface area contributed by atoms with Crippen molar-refractivity contribution >= 4 is 28.3 Å². The van der Waals surface area contributed by atoms with Gasteiger partial charge in [-0.05, 0) is 61.6 Å². The van der Waals surface area contributed by atoms with Crippen LogP contribution in [0.4, 0.5) is 4.39 Å². The highest BCUT2D eigenvalue weighted by Gasteiger charge is 2.30. The number of hydrogen-bond donors (Lipinski definition) is 1. The van der Waals surface area contributed by atoms with E-state index in [0.717, 1.165) is 52.2 Å². The zero-order valence-corrected chi connectivity index (χ0v) is 26.3. The van der Waals surface area contributed by atoms with Gasteiger partial charge < -0.3 is 14.8 Å². The smallest absolute Gasteiger partial charge is 0.270 e. The molecular weight excluding hydrogens is 585 g/mol. The topological polar surface area (TPSA) is 118 Å². The lowest BCUT2D eigenvalue weighted by Crippen LogP contribution is -2.36. The van der Waals surface area contributed by atoms with Gasteiger partial charge in [0.05, 0.1) is 36.7 Å². The molecule has 1 aromatic carbocycles. The number of nitrogens with zero attached hydrogens (tertiary/aromatic N) is 8. The van der Waals surface area contributed by atoms with Gasteiger partial charge in [0.1, 0.15) is 5.69 Å². The second-order valence-corrected chi connectivity index (χ2v) is 11.9. The number of amides is 2. The highest BCUT2D eigenvalue weighted by atomic mass is 19.1. The Kier molecular flexibility index (Phi) is 7.71. The lowest BCUT2D eigenvalue weighted by atomic mass is 9.92. The fraction of sp³-hybridized carbons (Fsp3) is 0.353. The van der Waals surface area contributed by atoms with Gasteiger partial charge >= 0.3 is 0 Å². The Morgan fingerprint density at radius 3 is 2.65 bits per heavy atom. The Hall–Kier alpha value is -5.13. The van der Waals surface area contributed by atoms with Crippen LogP contribution in [0.1, 0.15) is 65.3 Å². The first-order valence-corrected chi connectivity index (χ1v) is 15.8. The van der Waals surface area contributed by atoms with E-state index in [1.54, 1.807) is 32.9 Å². The van der Waals surface area contributed by atoms with Crippen LogP contribution in [-0.4, -0.2) is 69.4 Å². The second kappa shape index (κ2) is 12.0. The number of H-pyrrole nitrogens is 1. The molecule has 11 nitrogen and oxygen atoms in total. The fourth-order valence-electron chi connectivity index (χ4n) is 6.59. The molecule has 0 unspecified atom stereocenters. The summed E-state index contributed by atoms with van der Waals surface area (Å²) in [6, 6.07) is 5.67. The molecule has 0 bridgehead atoms. The molecule has 0 aliphatic carbocycles. The standard InChI is InChI=1S/C34H36FN9O2/c1-4-24-13-21(3)28(17-36-24)26-14-25(22-7-6-10-41(18-22)31(45)8-11-43-12-9-37-40-43)32(35)33-27(26)15-29(39-33)34(46)42-19-23-16-38-44(5-2)30(23)20-42/h7,9,12-17,39H,4-6,8,10-11,18-20H2,1-3H3. The highest BCUT2D eigenvalue weighted by molar-refractivity contribution is 6.05. The summed E-state index contributed by atoms with van der Waals surface area (Å²) >= 11 is 0. The number of benzene rings is 1. The summed E-state index contributed by atoms with van der Waals surface area (Å²) in [5.41, 5.74) is 7.44. The van der Waals surface area contributed by atoms with Crippen LogP contribution in [0.2, 0.25) is 0 Å². The maximum atomic E-state index is 16.6. The van der Waals surface area contributed by atoms with E-state index in [1.165, 1.54) is 0 Å². The summed E-state index contributed by atoms with van der Waals surface area (Å²) in [5.74, 6) is -0.661. The Labute approximate surface area is 265 Å². The van der Waals surface area contributed by atoms with Gasteiger partial charge in [0.2, 0.25) is 5.91 Å². The van der Waals surface area contributed by atoms with Gasteiger partial charge in [0.15, 0.2) is 5.82 Å². The number of rotatable bonds is 8. The largest absolute Gasteiger partial charge is 0.348 e. The van der Waals surface area contributed by atoms with E-state index in [0.29, 0.717) is 49.2 Å². The van der Waals surface area contributed by atoms with Crippen LogP contribution >= 0.6 is 0 Å². The fourth-order valence-corrected chi connectivity index (χ4v) is 6.59. The lowest BCUT2D eigenvalue weighted by molar-refractivity contribution is -0.131. The van der Waals surface area contributed by atoms with Crippen molar-refractivity contribution in [2.24, 2.45) is 0 Å². The molecule has 2 aliphatic heterocycles. The van der Waals surface area contributed by atoms with Crippen molar-refractivity contribution in [1.29, 1.82) is 0 Å². The zero-order valence-electron chi connectivity index (χ0n) is 26.3. The van der Waals surface area contributed by atoms with Gasteiger partial charge in [-0.2, -0.15) is 5.10 Å². The van der Waals surface area contributed by atoms with Crippen LogP contribution in [0.15, 0.2) is 49.1 Å². The van der Waals surface area contributed by atoms with Gasteiger partial charge in [-0.3, -0.25) is 23.9 Å². The van der Waals surface area contributed by atoms with E-state index in [4.69, 9.17) is 0 Å².